The lowest BCUT2D eigenvalue weighted by Gasteiger charge is -2.31. The van der Waals surface area contributed by atoms with Crippen molar-refractivity contribution < 1.29 is 19.1 Å². The van der Waals surface area contributed by atoms with Gasteiger partial charge in [0.2, 0.25) is 17.7 Å². The molecule has 2 bridgehead atoms. The monoisotopic (exact) mass is 370 g/mol. The SMILES string of the molecule is COc1ccc([C@@]2(CC(=O)N3C[C@H]4CCC[C@@H]3C4)CC(=O)N(C)C2=O)cc1. The molecule has 1 aromatic rings. The molecule has 2 heterocycles. The Balaban J connectivity index is 1.65. The molecular weight excluding hydrogens is 344 g/mol. The van der Waals surface area contributed by atoms with Crippen LogP contribution in [0, 0.1) is 5.92 Å². The van der Waals surface area contributed by atoms with E-state index in [1.54, 1.807) is 31.4 Å². The van der Waals surface area contributed by atoms with E-state index in [-0.39, 0.29) is 30.6 Å². The van der Waals surface area contributed by atoms with Gasteiger partial charge in [-0.05, 0) is 42.9 Å². The summed E-state index contributed by atoms with van der Waals surface area (Å²) >= 11 is 0. The van der Waals surface area contributed by atoms with Gasteiger partial charge in [-0.2, -0.15) is 0 Å². The molecule has 4 rings (SSSR count). The molecule has 6 heteroatoms. The summed E-state index contributed by atoms with van der Waals surface area (Å²) in [5.74, 6) is 0.751. The molecule has 0 N–H and O–H groups in total. The number of amides is 3. The van der Waals surface area contributed by atoms with Gasteiger partial charge in [0.15, 0.2) is 0 Å². The number of hydrogen-bond donors (Lipinski definition) is 0. The van der Waals surface area contributed by atoms with Crippen molar-refractivity contribution in [3.63, 3.8) is 0 Å². The number of carbonyl (C=O) groups is 3. The number of carbonyl (C=O) groups excluding carboxylic acids is 3. The van der Waals surface area contributed by atoms with Crippen LogP contribution in [-0.4, -0.2) is 54.3 Å². The molecule has 0 radical (unpaired) electrons. The van der Waals surface area contributed by atoms with Gasteiger partial charge < -0.3 is 9.64 Å². The number of rotatable bonds is 4. The maximum atomic E-state index is 13.2. The Morgan fingerprint density at radius 1 is 1.22 bits per heavy atom. The fraction of sp³-hybridized carbons (Fsp3) is 0.571. The molecule has 1 aliphatic carbocycles. The molecule has 1 aromatic carbocycles. The number of likely N-dealkylation sites (tertiary alicyclic amines) is 2. The van der Waals surface area contributed by atoms with Crippen molar-refractivity contribution >= 4 is 17.7 Å². The smallest absolute Gasteiger partial charge is 0.240 e. The van der Waals surface area contributed by atoms with Crippen LogP contribution in [0.5, 0.6) is 5.75 Å². The Kier molecular flexibility index (Phi) is 4.44. The first kappa shape index (κ1) is 18.0. The number of ether oxygens (including phenoxy) is 1. The van der Waals surface area contributed by atoms with Crippen molar-refractivity contribution in [3.05, 3.63) is 29.8 Å². The van der Waals surface area contributed by atoms with Crippen molar-refractivity contribution in [1.82, 2.24) is 9.80 Å². The van der Waals surface area contributed by atoms with E-state index in [4.69, 9.17) is 4.74 Å². The van der Waals surface area contributed by atoms with E-state index in [0.717, 1.165) is 19.4 Å². The Morgan fingerprint density at radius 3 is 2.56 bits per heavy atom. The van der Waals surface area contributed by atoms with E-state index in [1.165, 1.54) is 24.8 Å². The van der Waals surface area contributed by atoms with E-state index < -0.39 is 5.41 Å². The van der Waals surface area contributed by atoms with Crippen molar-refractivity contribution in [2.75, 3.05) is 20.7 Å². The van der Waals surface area contributed by atoms with E-state index in [2.05, 4.69) is 0 Å². The lowest BCUT2D eigenvalue weighted by atomic mass is 9.75. The first-order chi connectivity index (χ1) is 12.9. The highest BCUT2D eigenvalue weighted by Gasteiger charge is 2.53. The molecule has 27 heavy (non-hydrogen) atoms. The molecule has 2 aliphatic heterocycles. The van der Waals surface area contributed by atoms with E-state index >= 15 is 0 Å². The molecule has 0 unspecified atom stereocenters. The molecule has 1 saturated carbocycles. The van der Waals surface area contributed by atoms with Crippen molar-refractivity contribution in [1.29, 1.82) is 0 Å². The molecule has 3 aliphatic rings. The number of nitrogens with zero attached hydrogens (tertiary/aromatic N) is 2. The number of hydrogen-bond acceptors (Lipinski definition) is 4. The molecule has 3 fully saturated rings. The molecule has 3 atom stereocenters. The van der Waals surface area contributed by atoms with Gasteiger partial charge in [0.1, 0.15) is 5.75 Å². The highest BCUT2D eigenvalue weighted by atomic mass is 16.5. The third kappa shape index (κ3) is 2.91. The second-order valence-corrected chi connectivity index (χ2v) is 8.15. The zero-order valence-electron chi connectivity index (χ0n) is 15.9. The fourth-order valence-electron chi connectivity index (χ4n) is 5.07. The topological polar surface area (TPSA) is 66.9 Å². The van der Waals surface area contributed by atoms with Gasteiger partial charge in [0.25, 0.3) is 0 Å². The molecule has 0 aromatic heterocycles. The van der Waals surface area contributed by atoms with Crippen LogP contribution < -0.4 is 4.74 Å². The van der Waals surface area contributed by atoms with Gasteiger partial charge in [-0.25, -0.2) is 0 Å². The first-order valence-corrected chi connectivity index (χ1v) is 9.69. The number of imide groups is 1. The summed E-state index contributed by atoms with van der Waals surface area (Å²) in [5, 5.41) is 0. The lowest BCUT2D eigenvalue weighted by Crippen LogP contribution is -2.44. The molecule has 0 spiro atoms. The Morgan fingerprint density at radius 2 is 1.96 bits per heavy atom. The van der Waals surface area contributed by atoms with E-state index in [9.17, 15) is 14.4 Å². The van der Waals surface area contributed by atoms with Crippen molar-refractivity contribution in [2.45, 2.75) is 50.0 Å². The molecule has 144 valence electrons. The van der Waals surface area contributed by atoms with Crippen LogP contribution in [0.25, 0.3) is 0 Å². The number of fused-ring (bicyclic) bond motifs is 2. The third-order valence-corrected chi connectivity index (χ3v) is 6.61. The molecule has 2 saturated heterocycles. The van der Waals surface area contributed by atoms with Crippen LogP contribution in [0.15, 0.2) is 24.3 Å². The molecule has 3 amide bonds. The maximum Gasteiger partial charge on any atom is 0.240 e. The largest absolute Gasteiger partial charge is 0.497 e. The van der Waals surface area contributed by atoms with Crippen molar-refractivity contribution in [3.8, 4) is 5.75 Å². The number of benzene rings is 1. The Labute approximate surface area is 159 Å². The highest BCUT2D eigenvalue weighted by Crippen LogP contribution is 2.42. The van der Waals surface area contributed by atoms with Gasteiger partial charge in [0, 0.05) is 32.5 Å². The Hall–Kier alpha value is -2.37. The predicted octanol–water partition coefficient (Wildman–Crippen LogP) is 2.11. The average Bonchev–Trinajstić information content (AvgIpc) is 3.10. The predicted molar refractivity (Wildman–Crippen MR) is 99.1 cm³/mol. The summed E-state index contributed by atoms with van der Waals surface area (Å²) in [6, 6.07) is 7.47. The van der Waals surface area contributed by atoms with Gasteiger partial charge >= 0.3 is 0 Å². The van der Waals surface area contributed by atoms with Crippen molar-refractivity contribution in [2.24, 2.45) is 5.92 Å². The van der Waals surface area contributed by atoms with Crippen LogP contribution in [0.4, 0.5) is 0 Å². The minimum absolute atomic E-state index is 0.00309. The minimum Gasteiger partial charge on any atom is -0.497 e. The second kappa shape index (κ2) is 6.66. The quantitative estimate of drug-likeness (QED) is 0.762. The maximum absolute atomic E-state index is 13.2. The summed E-state index contributed by atoms with van der Waals surface area (Å²) in [5.41, 5.74) is -0.396. The third-order valence-electron chi connectivity index (χ3n) is 6.61. The summed E-state index contributed by atoms with van der Waals surface area (Å²) in [6.07, 6.45) is 4.57. The van der Waals surface area contributed by atoms with Crippen LogP contribution in [0.1, 0.15) is 44.1 Å². The highest BCUT2D eigenvalue weighted by molar-refractivity contribution is 6.10. The van der Waals surface area contributed by atoms with Gasteiger partial charge in [-0.15, -0.1) is 0 Å². The summed E-state index contributed by atoms with van der Waals surface area (Å²) in [7, 11) is 3.08. The standard InChI is InChI=1S/C21H26N2O4/c1-22-18(24)11-21(20(22)26,15-6-8-17(27-2)9-7-15)12-19(25)23-13-14-4-3-5-16(23)10-14/h6-9,14,16H,3-5,10-13H2,1-2H3/t14-,16+,21-/m0/s1. The number of likely N-dealkylation sites (N-methyl/N-ethyl adjacent to an activating group) is 1. The van der Waals surface area contributed by atoms with E-state index in [0.29, 0.717) is 23.3 Å². The van der Waals surface area contributed by atoms with Gasteiger partial charge in [-0.1, -0.05) is 18.6 Å². The minimum atomic E-state index is -1.11. The average molecular weight is 370 g/mol. The summed E-state index contributed by atoms with van der Waals surface area (Å²) in [4.78, 5) is 41.8. The van der Waals surface area contributed by atoms with Crippen LogP contribution >= 0.6 is 0 Å². The zero-order valence-corrected chi connectivity index (χ0v) is 15.9. The normalized spacial score (nSPS) is 30.1. The Bertz CT molecular complexity index is 775. The summed E-state index contributed by atoms with van der Waals surface area (Å²) in [6.45, 7) is 0.792. The lowest BCUT2D eigenvalue weighted by molar-refractivity contribution is -0.141. The van der Waals surface area contributed by atoms with Crippen LogP contribution in [-0.2, 0) is 19.8 Å². The van der Waals surface area contributed by atoms with Crippen LogP contribution in [0.3, 0.4) is 0 Å². The second-order valence-electron chi connectivity index (χ2n) is 8.15. The van der Waals surface area contributed by atoms with Crippen LogP contribution in [0.2, 0.25) is 0 Å². The first-order valence-electron chi connectivity index (χ1n) is 9.69. The zero-order chi connectivity index (χ0) is 19.2. The number of methoxy groups -OCH3 is 1. The van der Waals surface area contributed by atoms with Gasteiger partial charge in [0.05, 0.1) is 12.5 Å². The molecular formula is C21H26N2O4. The van der Waals surface area contributed by atoms with Gasteiger partial charge in [-0.3, -0.25) is 19.3 Å². The fourth-order valence-corrected chi connectivity index (χ4v) is 5.07. The summed E-state index contributed by atoms with van der Waals surface area (Å²) < 4.78 is 5.21. The van der Waals surface area contributed by atoms with E-state index in [1.807, 2.05) is 4.90 Å². The molecule has 6 nitrogen and oxygen atoms in total.